The van der Waals surface area contributed by atoms with Crippen molar-refractivity contribution in [1.82, 2.24) is 14.7 Å². The Morgan fingerprint density at radius 2 is 2.29 bits per heavy atom. The number of hydrogen-bond donors (Lipinski definition) is 1. The van der Waals surface area contributed by atoms with Gasteiger partial charge in [0.05, 0.1) is 12.3 Å². The second-order valence-electron chi connectivity index (χ2n) is 5.37. The van der Waals surface area contributed by atoms with Gasteiger partial charge in [0.25, 0.3) is 0 Å². The van der Waals surface area contributed by atoms with Crippen LogP contribution in [0.4, 0.5) is 0 Å². The van der Waals surface area contributed by atoms with Crippen LogP contribution in [0.5, 0.6) is 0 Å². The van der Waals surface area contributed by atoms with E-state index in [0.29, 0.717) is 18.0 Å². The van der Waals surface area contributed by atoms with Crippen LogP contribution in [0, 0.1) is 5.92 Å². The molecule has 0 aliphatic carbocycles. The molecule has 0 amide bonds. The minimum absolute atomic E-state index is 0.256. The van der Waals surface area contributed by atoms with E-state index in [9.17, 15) is 5.11 Å². The zero-order valence-electron chi connectivity index (χ0n) is 11.0. The zero-order valence-corrected chi connectivity index (χ0v) is 11.0. The van der Waals surface area contributed by atoms with E-state index in [-0.39, 0.29) is 6.61 Å². The first-order valence-corrected chi connectivity index (χ1v) is 6.50. The zero-order chi connectivity index (χ0) is 12.4. The molecule has 1 aliphatic rings. The molecule has 1 aromatic rings. The van der Waals surface area contributed by atoms with Crippen LogP contribution in [-0.4, -0.2) is 39.0 Å². The minimum Gasteiger partial charge on any atom is -0.395 e. The van der Waals surface area contributed by atoms with E-state index in [4.69, 9.17) is 0 Å². The molecule has 2 atom stereocenters. The van der Waals surface area contributed by atoms with Crippen molar-refractivity contribution in [2.24, 2.45) is 5.92 Å². The second-order valence-corrected chi connectivity index (χ2v) is 5.37. The van der Waals surface area contributed by atoms with E-state index < -0.39 is 0 Å². The number of aliphatic hydroxyl groups excluding tert-OH is 1. The maximum atomic E-state index is 9.41. The van der Waals surface area contributed by atoms with Crippen LogP contribution in [-0.2, 0) is 6.54 Å². The van der Waals surface area contributed by atoms with Crippen molar-refractivity contribution < 1.29 is 5.11 Å². The van der Waals surface area contributed by atoms with Crippen LogP contribution < -0.4 is 0 Å². The van der Waals surface area contributed by atoms with E-state index in [2.05, 4.69) is 36.8 Å². The van der Waals surface area contributed by atoms with Gasteiger partial charge in [0.2, 0.25) is 0 Å². The lowest BCUT2D eigenvalue weighted by atomic mass is 10.0. The molecular formula is C13H23N3O. The molecule has 0 spiro atoms. The highest BCUT2D eigenvalue weighted by atomic mass is 16.3. The van der Waals surface area contributed by atoms with E-state index in [0.717, 1.165) is 18.8 Å². The Labute approximate surface area is 103 Å². The van der Waals surface area contributed by atoms with Gasteiger partial charge in [-0.05, 0) is 38.8 Å². The summed E-state index contributed by atoms with van der Waals surface area (Å²) in [5, 5.41) is 14.0. The number of hydrogen-bond acceptors (Lipinski definition) is 3. The first-order valence-electron chi connectivity index (χ1n) is 6.50. The Morgan fingerprint density at radius 1 is 1.53 bits per heavy atom. The minimum atomic E-state index is 0.256. The molecule has 1 aliphatic heterocycles. The van der Waals surface area contributed by atoms with Crippen LogP contribution in [0.2, 0.25) is 0 Å². The molecule has 2 unspecified atom stereocenters. The average molecular weight is 237 g/mol. The largest absolute Gasteiger partial charge is 0.395 e. The van der Waals surface area contributed by atoms with Crippen molar-refractivity contribution in [3.05, 3.63) is 18.0 Å². The molecule has 4 nitrogen and oxygen atoms in total. The van der Waals surface area contributed by atoms with E-state index in [1.54, 1.807) is 0 Å². The standard InChI is InChI=1S/C13H23N3O/c1-10(2)16-7-5-12(14-16)8-15-6-4-11(3)13(15)9-17/h5,7,10-11,13,17H,4,6,8-9H2,1-3H3. The highest BCUT2D eigenvalue weighted by molar-refractivity contribution is 5.01. The number of likely N-dealkylation sites (tertiary alicyclic amines) is 1. The summed E-state index contributed by atoms with van der Waals surface area (Å²) in [5.41, 5.74) is 1.10. The van der Waals surface area contributed by atoms with Crippen LogP contribution in [0.3, 0.4) is 0 Å². The third-order valence-corrected chi connectivity index (χ3v) is 3.74. The van der Waals surface area contributed by atoms with Gasteiger partial charge in [0.1, 0.15) is 0 Å². The fourth-order valence-electron chi connectivity index (χ4n) is 2.54. The molecule has 0 bridgehead atoms. The summed E-state index contributed by atoms with van der Waals surface area (Å²) in [6.45, 7) is 8.66. The van der Waals surface area contributed by atoms with Crippen molar-refractivity contribution in [3.8, 4) is 0 Å². The van der Waals surface area contributed by atoms with Crippen LogP contribution >= 0.6 is 0 Å². The molecule has 0 aromatic carbocycles. The SMILES string of the molecule is CC1CCN(Cc2ccn(C(C)C)n2)C1CO. The molecule has 1 aromatic heterocycles. The molecule has 96 valence electrons. The lowest BCUT2D eigenvalue weighted by Crippen LogP contribution is -2.34. The molecule has 0 radical (unpaired) electrons. The quantitative estimate of drug-likeness (QED) is 0.866. The lowest BCUT2D eigenvalue weighted by molar-refractivity contribution is 0.133. The van der Waals surface area contributed by atoms with Crippen molar-refractivity contribution >= 4 is 0 Å². The van der Waals surface area contributed by atoms with Gasteiger partial charge < -0.3 is 5.11 Å². The van der Waals surface area contributed by atoms with Crippen LogP contribution in [0.25, 0.3) is 0 Å². The van der Waals surface area contributed by atoms with Crippen molar-refractivity contribution in [3.63, 3.8) is 0 Å². The summed E-state index contributed by atoms with van der Waals surface area (Å²) in [6.07, 6.45) is 3.21. The van der Waals surface area contributed by atoms with Gasteiger partial charge in [-0.25, -0.2) is 0 Å². The fraction of sp³-hybridized carbons (Fsp3) is 0.769. The number of nitrogens with zero attached hydrogens (tertiary/aromatic N) is 3. The predicted octanol–water partition coefficient (Wildman–Crippen LogP) is 1.67. The third-order valence-electron chi connectivity index (χ3n) is 3.74. The van der Waals surface area contributed by atoms with Gasteiger partial charge in [0.15, 0.2) is 0 Å². The average Bonchev–Trinajstić information content (AvgIpc) is 2.87. The number of aliphatic hydroxyl groups is 1. The highest BCUT2D eigenvalue weighted by Gasteiger charge is 2.30. The van der Waals surface area contributed by atoms with Gasteiger partial charge in [-0.3, -0.25) is 9.58 Å². The van der Waals surface area contributed by atoms with Crippen molar-refractivity contribution in [2.45, 2.75) is 45.8 Å². The van der Waals surface area contributed by atoms with Gasteiger partial charge in [-0.1, -0.05) is 6.92 Å². The lowest BCUT2D eigenvalue weighted by Gasteiger charge is -2.24. The first kappa shape index (κ1) is 12.6. The van der Waals surface area contributed by atoms with Gasteiger partial charge in [-0.15, -0.1) is 0 Å². The molecular weight excluding hydrogens is 214 g/mol. The predicted molar refractivity (Wildman–Crippen MR) is 67.7 cm³/mol. The molecule has 2 rings (SSSR count). The summed E-state index contributed by atoms with van der Waals surface area (Å²) >= 11 is 0. The van der Waals surface area contributed by atoms with Crippen molar-refractivity contribution in [1.29, 1.82) is 0 Å². The molecule has 2 heterocycles. The summed E-state index contributed by atoms with van der Waals surface area (Å²) in [5.74, 6) is 0.590. The summed E-state index contributed by atoms with van der Waals surface area (Å²) in [4.78, 5) is 2.34. The molecule has 1 N–H and O–H groups in total. The van der Waals surface area contributed by atoms with Crippen molar-refractivity contribution in [2.75, 3.05) is 13.2 Å². The summed E-state index contributed by atoms with van der Waals surface area (Å²) in [6, 6.07) is 2.80. The monoisotopic (exact) mass is 237 g/mol. The first-order chi connectivity index (χ1) is 8.11. The van der Waals surface area contributed by atoms with Crippen LogP contribution in [0.15, 0.2) is 12.3 Å². The van der Waals surface area contributed by atoms with E-state index in [1.165, 1.54) is 6.42 Å². The Balaban J connectivity index is 2.00. The fourth-order valence-corrected chi connectivity index (χ4v) is 2.54. The molecule has 0 saturated carbocycles. The molecule has 4 heteroatoms. The topological polar surface area (TPSA) is 41.3 Å². The third kappa shape index (κ3) is 2.69. The number of aromatic nitrogens is 2. The van der Waals surface area contributed by atoms with E-state index >= 15 is 0 Å². The van der Waals surface area contributed by atoms with Gasteiger partial charge in [-0.2, -0.15) is 5.10 Å². The maximum absolute atomic E-state index is 9.41. The Kier molecular flexibility index (Phi) is 3.84. The van der Waals surface area contributed by atoms with Crippen LogP contribution in [0.1, 0.15) is 38.9 Å². The summed E-state index contributed by atoms with van der Waals surface area (Å²) in [7, 11) is 0. The van der Waals surface area contributed by atoms with E-state index in [1.807, 2.05) is 10.9 Å². The molecule has 1 fully saturated rings. The normalized spacial score (nSPS) is 25.9. The summed E-state index contributed by atoms with van der Waals surface area (Å²) < 4.78 is 1.99. The smallest absolute Gasteiger partial charge is 0.0765 e. The maximum Gasteiger partial charge on any atom is 0.0765 e. The molecule has 17 heavy (non-hydrogen) atoms. The highest BCUT2D eigenvalue weighted by Crippen LogP contribution is 2.24. The Morgan fingerprint density at radius 3 is 2.88 bits per heavy atom. The van der Waals surface area contributed by atoms with Gasteiger partial charge >= 0.3 is 0 Å². The molecule has 1 saturated heterocycles. The second kappa shape index (κ2) is 5.19. The Hall–Kier alpha value is -0.870. The number of rotatable bonds is 4. The Bertz CT molecular complexity index is 361. The van der Waals surface area contributed by atoms with Gasteiger partial charge in [0, 0.05) is 24.8 Å².